The molecule has 1 atom stereocenters. The number of nitrogens with zero attached hydrogens (tertiary/aromatic N) is 3. The summed E-state index contributed by atoms with van der Waals surface area (Å²) in [7, 11) is 2.06. The number of likely N-dealkylation sites (N-methyl/N-ethyl adjacent to an activating group) is 1. The average Bonchev–Trinajstić information content (AvgIpc) is 2.47. The lowest BCUT2D eigenvalue weighted by atomic mass is 10.2. The van der Waals surface area contributed by atoms with E-state index in [1.807, 2.05) is 24.5 Å². The Morgan fingerprint density at radius 3 is 2.75 bits per heavy atom. The first-order valence-electron chi connectivity index (χ1n) is 7.29. The van der Waals surface area contributed by atoms with Crippen molar-refractivity contribution in [1.82, 2.24) is 14.8 Å². The Balaban J connectivity index is 1.64. The highest BCUT2D eigenvalue weighted by atomic mass is 16.5. The molecular weight excluding hydrogens is 254 g/mol. The zero-order valence-electron chi connectivity index (χ0n) is 12.2. The molecule has 2 heterocycles. The highest BCUT2D eigenvalue weighted by molar-refractivity contribution is 5.09. The van der Waals surface area contributed by atoms with Crippen molar-refractivity contribution in [2.75, 3.05) is 53.0 Å². The van der Waals surface area contributed by atoms with Crippen molar-refractivity contribution < 1.29 is 9.84 Å². The smallest absolute Gasteiger partial charge is 0.0793 e. The molecule has 1 aliphatic heterocycles. The monoisotopic (exact) mass is 279 g/mol. The number of pyridine rings is 1. The van der Waals surface area contributed by atoms with E-state index in [4.69, 9.17) is 4.74 Å². The maximum Gasteiger partial charge on any atom is 0.0793 e. The molecule has 0 aromatic carbocycles. The molecule has 0 aliphatic carbocycles. The number of ether oxygens (including phenoxy) is 1. The Bertz CT molecular complexity index is 369. The van der Waals surface area contributed by atoms with E-state index in [1.54, 1.807) is 0 Å². The Kier molecular flexibility index (Phi) is 6.39. The molecule has 5 heteroatoms. The zero-order valence-corrected chi connectivity index (χ0v) is 12.2. The van der Waals surface area contributed by atoms with Crippen LogP contribution in [0.5, 0.6) is 0 Å². The summed E-state index contributed by atoms with van der Waals surface area (Å²) in [6.07, 6.45) is 4.34. The van der Waals surface area contributed by atoms with Gasteiger partial charge in [-0.25, -0.2) is 0 Å². The van der Waals surface area contributed by atoms with Crippen molar-refractivity contribution in [1.29, 1.82) is 0 Å². The highest BCUT2D eigenvalue weighted by Crippen LogP contribution is 2.02. The van der Waals surface area contributed by atoms with Gasteiger partial charge in [-0.05, 0) is 31.2 Å². The van der Waals surface area contributed by atoms with Gasteiger partial charge in [0, 0.05) is 45.1 Å². The maximum atomic E-state index is 10.1. The summed E-state index contributed by atoms with van der Waals surface area (Å²) >= 11 is 0. The number of aliphatic hydroxyl groups is 1. The van der Waals surface area contributed by atoms with Crippen LogP contribution in [0.2, 0.25) is 0 Å². The van der Waals surface area contributed by atoms with E-state index < -0.39 is 0 Å². The molecule has 1 aromatic rings. The number of aromatic nitrogens is 1. The third-order valence-electron chi connectivity index (χ3n) is 3.63. The molecule has 20 heavy (non-hydrogen) atoms. The fourth-order valence-electron chi connectivity index (χ4n) is 2.46. The summed E-state index contributed by atoms with van der Waals surface area (Å²) in [6.45, 7) is 5.82. The van der Waals surface area contributed by atoms with Gasteiger partial charge >= 0.3 is 0 Å². The van der Waals surface area contributed by atoms with E-state index in [1.165, 1.54) is 5.56 Å². The standard InChI is InChI=1S/C15H25N3O2/c1-17(7-4-14-2-5-16-6-3-14)12-15(19)13-18-8-10-20-11-9-18/h2-3,5-6,15,19H,4,7-13H2,1H3. The normalized spacial score (nSPS) is 18.4. The summed E-state index contributed by atoms with van der Waals surface area (Å²) in [4.78, 5) is 8.47. The molecule has 1 saturated heterocycles. The van der Waals surface area contributed by atoms with Crippen molar-refractivity contribution in [3.05, 3.63) is 30.1 Å². The van der Waals surface area contributed by atoms with E-state index in [9.17, 15) is 5.11 Å². The minimum absolute atomic E-state index is 0.296. The van der Waals surface area contributed by atoms with Crippen LogP contribution >= 0.6 is 0 Å². The summed E-state index contributed by atoms with van der Waals surface area (Å²) in [5, 5.41) is 10.1. The van der Waals surface area contributed by atoms with Crippen molar-refractivity contribution >= 4 is 0 Å². The van der Waals surface area contributed by atoms with E-state index in [0.717, 1.165) is 45.8 Å². The van der Waals surface area contributed by atoms with E-state index in [0.29, 0.717) is 6.54 Å². The predicted octanol–water partition coefficient (Wildman–Crippen LogP) is 0.249. The largest absolute Gasteiger partial charge is 0.390 e. The molecule has 0 amide bonds. The summed E-state index contributed by atoms with van der Waals surface area (Å²) < 4.78 is 5.31. The number of hydrogen-bond donors (Lipinski definition) is 1. The van der Waals surface area contributed by atoms with Gasteiger partial charge in [0.2, 0.25) is 0 Å². The molecular formula is C15H25N3O2. The number of morpholine rings is 1. The van der Waals surface area contributed by atoms with Crippen LogP contribution in [0.25, 0.3) is 0 Å². The minimum atomic E-state index is -0.296. The Morgan fingerprint density at radius 2 is 2.05 bits per heavy atom. The minimum Gasteiger partial charge on any atom is -0.390 e. The van der Waals surface area contributed by atoms with Crippen LogP contribution in [0.3, 0.4) is 0 Å². The number of rotatable bonds is 7. The second-order valence-corrected chi connectivity index (χ2v) is 5.43. The van der Waals surface area contributed by atoms with Crippen LogP contribution in [0, 0.1) is 0 Å². The van der Waals surface area contributed by atoms with Gasteiger partial charge in [0.1, 0.15) is 0 Å². The Hall–Kier alpha value is -1.01. The van der Waals surface area contributed by atoms with Crippen molar-refractivity contribution in [3.63, 3.8) is 0 Å². The van der Waals surface area contributed by atoms with Gasteiger partial charge in [-0.2, -0.15) is 0 Å². The number of aliphatic hydroxyl groups excluding tert-OH is 1. The first kappa shape index (κ1) is 15.4. The van der Waals surface area contributed by atoms with E-state index in [-0.39, 0.29) is 6.10 Å². The molecule has 2 rings (SSSR count). The lowest BCUT2D eigenvalue weighted by molar-refractivity contribution is 0.00878. The third-order valence-corrected chi connectivity index (χ3v) is 3.63. The van der Waals surface area contributed by atoms with Crippen LogP contribution in [-0.4, -0.2) is 79.0 Å². The topological polar surface area (TPSA) is 48.8 Å². The zero-order chi connectivity index (χ0) is 14.2. The first-order valence-corrected chi connectivity index (χ1v) is 7.29. The van der Waals surface area contributed by atoms with Crippen molar-refractivity contribution in [2.45, 2.75) is 12.5 Å². The molecule has 1 N–H and O–H groups in total. The SMILES string of the molecule is CN(CCc1ccncc1)CC(O)CN1CCOCC1. The molecule has 112 valence electrons. The predicted molar refractivity (Wildman–Crippen MR) is 78.7 cm³/mol. The van der Waals surface area contributed by atoms with Crippen molar-refractivity contribution in [2.24, 2.45) is 0 Å². The lowest BCUT2D eigenvalue weighted by Crippen LogP contribution is -2.44. The second kappa shape index (κ2) is 8.32. The lowest BCUT2D eigenvalue weighted by Gasteiger charge is -2.30. The molecule has 1 fully saturated rings. The van der Waals surface area contributed by atoms with Crippen LogP contribution in [-0.2, 0) is 11.2 Å². The van der Waals surface area contributed by atoms with Crippen LogP contribution in [0.1, 0.15) is 5.56 Å². The molecule has 0 saturated carbocycles. The molecule has 1 unspecified atom stereocenters. The number of hydrogen-bond acceptors (Lipinski definition) is 5. The fourth-order valence-corrected chi connectivity index (χ4v) is 2.46. The first-order chi connectivity index (χ1) is 9.74. The van der Waals surface area contributed by atoms with Crippen molar-refractivity contribution in [3.8, 4) is 0 Å². The van der Waals surface area contributed by atoms with E-state index in [2.05, 4.69) is 21.8 Å². The van der Waals surface area contributed by atoms with Crippen LogP contribution in [0.4, 0.5) is 0 Å². The quantitative estimate of drug-likeness (QED) is 0.775. The Morgan fingerprint density at radius 1 is 1.35 bits per heavy atom. The number of β-amino-alcohol motifs (C(OH)–C–C–N with tert-alkyl or cyclic N) is 1. The van der Waals surface area contributed by atoms with E-state index >= 15 is 0 Å². The van der Waals surface area contributed by atoms with Gasteiger partial charge in [-0.1, -0.05) is 0 Å². The van der Waals surface area contributed by atoms with Gasteiger partial charge in [-0.3, -0.25) is 9.88 Å². The van der Waals surface area contributed by atoms with Gasteiger partial charge < -0.3 is 14.7 Å². The van der Waals surface area contributed by atoms with Crippen LogP contribution in [0.15, 0.2) is 24.5 Å². The average molecular weight is 279 g/mol. The highest BCUT2D eigenvalue weighted by Gasteiger charge is 2.16. The molecule has 0 spiro atoms. The Labute approximate surface area is 121 Å². The molecule has 1 aromatic heterocycles. The summed E-state index contributed by atoms with van der Waals surface area (Å²) in [5.74, 6) is 0. The molecule has 1 aliphatic rings. The second-order valence-electron chi connectivity index (χ2n) is 5.43. The molecule has 0 radical (unpaired) electrons. The molecule has 0 bridgehead atoms. The third kappa shape index (κ3) is 5.54. The van der Waals surface area contributed by atoms with Gasteiger partial charge in [-0.15, -0.1) is 0 Å². The maximum absolute atomic E-state index is 10.1. The van der Waals surface area contributed by atoms with Crippen LogP contribution < -0.4 is 0 Å². The summed E-state index contributed by atoms with van der Waals surface area (Å²) in [5.41, 5.74) is 1.29. The summed E-state index contributed by atoms with van der Waals surface area (Å²) in [6, 6.07) is 4.08. The fraction of sp³-hybridized carbons (Fsp3) is 0.667. The van der Waals surface area contributed by atoms with Gasteiger partial charge in [0.05, 0.1) is 19.3 Å². The molecule has 5 nitrogen and oxygen atoms in total. The van der Waals surface area contributed by atoms with Gasteiger partial charge in [0.25, 0.3) is 0 Å². The van der Waals surface area contributed by atoms with Gasteiger partial charge in [0.15, 0.2) is 0 Å².